The SMILES string of the molecule is CSC(C)(C)CNC(=O)NC(CCC(=O)O)Cc1ccccc1. The fourth-order valence-corrected chi connectivity index (χ4v) is 2.24. The summed E-state index contributed by atoms with van der Waals surface area (Å²) in [5.41, 5.74) is 1.08. The zero-order valence-corrected chi connectivity index (χ0v) is 14.8. The van der Waals surface area contributed by atoms with Crippen LogP contribution in [0, 0.1) is 0 Å². The Labute approximate surface area is 142 Å². The fraction of sp³-hybridized carbons (Fsp3) is 0.529. The van der Waals surface area contributed by atoms with Gasteiger partial charge < -0.3 is 15.7 Å². The van der Waals surface area contributed by atoms with E-state index in [-0.39, 0.29) is 23.2 Å². The Morgan fingerprint density at radius 1 is 1.26 bits per heavy atom. The van der Waals surface area contributed by atoms with Gasteiger partial charge in [0.05, 0.1) is 0 Å². The predicted octanol–water partition coefficient (Wildman–Crippen LogP) is 2.90. The number of nitrogens with one attached hydrogen (secondary N) is 2. The van der Waals surface area contributed by atoms with Crippen LogP contribution in [0.15, 0.2) is 30.3 Å². The van der Waals surface area contributed by atoms with Crippen LogP contribution in [0.1, 0.15) is 32.3 Å². The lowest BCUT2D eigenvalue weighted by molar-refractivity contribution is -0.137. The van der Waals surface area contributed by atoms with E-state index in [4.69, 9.17) is 5.11 Å². The smallest absolute Gasteiger partial charge is 0.315 e. The highest BCUT2D eigenvalue weighted by atomic mass is 32.2. The van der Waals surface area contributed by atoms with Gasteiger partial charge in [-0.3, -0.25) is 4.79 Å². The molecule has 0 heterocycles. The normalized spacial score (nSPS) is 12.5. The first-order valence-corrected chi connectivity index (χ1v) is 8.90. The van der Waals surface area contributed by atoms with Crippen molar-refractivity contribution in [3.8, 4) is 0 Å². The molecule has 0 aromatic heterocycles. The predicted molar refractivity (Wildman–Crippen MR) is 94.9 cm³/mol. The molecule has 0 fully saturated rings. The number of carbonyl (C=O) groups is 2. The van der Waals surface area contributed by atoms with E-state index in [9.17, 15) is 9.59 Å². The number of hydrogen-bond acceptors (Lipinski definition) is 3. The number of carboxylic acid groups (broad SMARTS) is 1. The number of amides is 2. The molecule has 0 aliphatic heterocycles. The van der Waals surface area contributed by atoms with Gasteiger partial charge in [-0.2, -0.15) is 11.8 Å². The fourth-order valence-electron chi connectivity index (χ4n) is 2.02. The van der Waals surface area contributed by atoms with Gasteiger partial charge in [0.1, 0.15) is 0 Å². The molecule has 0 bridgehead atoms. The molecule has 5 nitrogen and oxygen atoms in total. The van der Waals surface area contributed by atoms with Crippen molar-refractivity contribution < 1.29 is 14.7 Å². The van der Waals surface area contributed by atoms with Gasteiger partial charge in [0.15, 0.2) is 0 Å². The Hall–Kier alpha value is -1.69. The first kappa shape index (κ1) is 19.4. The van der Waals surface area contributed by atoms with Gasteiger partial charge >= 0.3 is 12.0 Å². The van der Waals surface area contributed by atoms with Crippen LogP contribution in [0.2, 0.25) is 0 Å². The maximum absolute atomic E-state index is 12.1. The van der Waals surface area contributed by atoms with Crippen molar-refractivity contribution in [2.24, 2.45) is 0 Å². The summed E-state index contributed by atoms with van der Waals surface area (Å²) in [5, 5.41) is 14.6. The number of carboxylic acids is 1. The molecule has 0 radical (unpaired) electrons. The number of hydrogen-bond donors (Lipinski definition) is 3. The standard InChI is InChI=1S/C17H26N2O3S/c1-17(2,23-3)12-18-16(22)19-14(9-10-15(20)21)11-13-7-5-4-6-8-13/h4-8,14H,9-12H2,1-3H3,(H,20,21)(H2,18,19,22). The minimum absolute atomic E-state index is 0.0344. The molecule has 3 N–H and O–H groups in total. The molecule has 1 atom stereocenters. The molecule has 23 heavy (non-hydrogen) atoms. The highest BCUT2D eigenvalue weighted by Crippen LogP contribution is 2.19. The average Bonchev–Trinajstić information content (AvgIpc) is 2.52. The third-order valence-corrected chi connectivity index (χ3v) is 4.84. The Morgan fingerprint density at radius 2 is 1.91 bits per heavy atom. The van der Waals surface area contributed by atoms with Crippen molar-refractivity contribution in [1.29, 1.82) is 0 Å². The maximum Gasteiger partial charge on any atom is 0.315 e. The second-order valence-corrected chi connectivity index (χ2v) is 7.62. The van der Waals surface area contributed by atoms with Crippen LogP contribution in [0.3, 0.4) is 0 Å². The molecule has 128 valence electrons. The van der Waals surface area contributed by atoms with Crippen LogP contribution in [0.25, 0.3) is 0 Å². The van der Waals surface area contributed by atoms with E-state index < -0.39 is 5.97 Å². The summed E-state index contributed by atoms with van der Waals surface area (Å²) in [6.07, 6.45) is 3.07. The molecule has 1 aromatic carbocycles. The highest BCUT2D eigenvalue weighted by molar-refractivity contribution is 7.99. The first-order valence-electron chi connectivity index (χ1n) is 7.67. The molecule has 1 rings (SSSR count). The first-order chi connectivity index (χ1) is 10.8. The second-order valence-electron chi connectivity index (χ2n) is 6.11. The zero-order valence-electron chi connectivity index (χ0n) is 14.0. The molecule has 0 aliphatic carbocycles. The second kappa shape index (κ2) is 9.45. The number of thioether (sulfide) groups is 1. The number of urea groups is 1. The van der Waals surface area contributed by atoms with Gasteiger partial charge in [-0.1, -0.05) is 30.3 Å². The van der Waals surface area contributed by atoms with Crippen LogP contribution in [-0.2, 0) is 11.2 Å². The summed E-state index contributed by atoms with van der Waals surface area (Å²) < 4.78 is -0.0344. The van der Waals surface area contributed by atoms with Crippen molar-refractivity contribution in [2.45, 2.75) is 43.9 Å². The molecule has 6 heteroatoms. The van der Waals surface area contributed by atoms with E-state index in [0.717, 1.165) is 5.56 Å². The highest BCUT2D eigenvalue weighted by Gasteiger charge is 2.19. The monoisotopic (exact) mass is 338 g/mol. The summed E-state index contributed by atoms with van der Waals surface area (Å²) >= 11 is 1.68. The Morgan fingerprint density at radius 3 is 2.48 bits per heavy atom. The largest absolute Gasteiger partial charge is 0.481 e. The van der Waals surface area contributed by atoms with E-state index in [1.54, 1.807) is 11.8 Å². The molecule has 0 spiro atoms. The summed E-state index contributed by atoms with van der Waals surface area (Å²) in [7, 11) is 0. The van der Waals surface area contributed by atoms with Crippen molar-refractivity contribution >= 4 is 23.8 Å². The lowest BCUT2D eigenvalue weighted by Gasteiger charge is -2.24. The van der Waals surface area contributed by atoms with Gasteiger partial charge in [-0.05, 0) is 38.5 Å². The van der Waals surface area contributed by atoms with Crippen molar-refractivity contribution in [2.75, 3.05) is 12.8 Å². The molecule has 0 saturated heterocycles. The van der Waals surface area contributed by atoms with Gasteiger partial charge in [-0.15, -0.1) is 0 Å². The van der Waals surface area contributed by atoms with Gasteiger partial charge in [-0.25, -0.2) is 4.79 Å². The topological polar surface area (TPSA) is 78.4 Å². The van der Waals surface area contributed by atoms with E-state index in [2.05, 4.69) is 24.5 Å². The average molecular weight is 338 g/mol. The molecule has 1 aromatic rings. The Balaban J connectivity index is 2.57. The summed E-state index contributed by atoms with van der Waals surface area (Å²) in [6.45, 7) is 4.67. The number of benzene rings is 1. The molecular formula is C17H26N2O3S. The molecule has 1 unspecified atom stereocenters. The number of carbonyl (C=O) groups excluding carboxylic acids is 1. The summed E-state index contributed by atoms with van der Waals surface area (Å²) in [4.78, 5) is 22.9. The van der Waals surface area contributed by atoms with Crippen molar-refractivity contribution in [1.82, 2.24) is 10.6 Å². The zero-order chi connectivity index (χ0) is 17.3. The lowest BCUT2D eigenvalue weighted by atomic mass is 10.0. The molecule has 0 aliphatic rings. The van der Waals surface area contributed by atoms with E-state index in [0.29, 0.717) is 19.4 Å². The van der Waals surface area contributed by atoms with Crippen molar-refractivity contribution in [3.63, 3.8) is 0 Å². The van der Waals surface area contributed by atoms with Crippen LogP contribution in [0.5, 0.6) is 0 Å². The van der Waals surface area contributed by atoms with Gasteiger partial charge in [0.2, 0.25) is 0 Å². The minimum atomic E-state index is -0.853. The quantitative estimate of drug-likeness (QED) is 0.647. The van der Waals surface area contributed by atoms with E-state index in [1.165, 1.54) is 0 Å². The number of rotatable bonds is 9. The van der Waals surface area contributed by atoms with Crippen LogP contribution >= 0.6 is 11.8 Å². The third-order valence-electron chi connectivity index (χ3n) is 3.59. The van der Waals surface area contributed by atoms with Crippen LogP contribution < -0.4 is 10.6 Å². The Bertz CT molecular complexity index is 506. The summed E-state index contributed by atoms with van der Waals surface area (Å²) in [5.74, 6) is -0.853. The van der Waals surface area contributed by atoms with E-state index >= 15 is 0 Å². The number of aliphatic carboxylic acids is 1. The molecular weight excluding hydrogens is 312 g/mol. The van der Waals surface area contributed by atoms with Gasteiger partial charge in [0, 0.05) is 23.8 Å². The molecule has 2 amide bonds. The van der Waals surface area contributed by atoms with Crippen LogP contribution in [0.4, 0.5) is 4.79 Å². The summed E-state index contributed by atoms with van der Waals surface area (Å²) in [6, 6.07) is 9.30. The minimum Gasteiger partial charge on any atom is -0.481 e. The third kappa shape index (κ3) is 8.50. The Kier molecular flexibility index (Phi) is 7.95. The van der Waals surface area contributed by atoms with Crippen LogP contribution in [-0.4, -0.2) is 40.7 Å². The van der Waals surface area contributed by atoms with Crippen molar-refractivity contribution in [3.05, 3.63) is 35.9 Å². The molecule has 0 saturated carbocycles. The lowest BCUT2D eigenvalue weighted by Crippen LogP contribution is -2.46. The maximum atomic E-state index is 12.1. The van der Waals surface area contributed by atoms with Gasteiger partial charge in [0.25, 0.3) is 0 Å². The van der Waals surface area contributed by atoms with E-state index in [1.807, 2.05) is 36.6 Å².